The van der Waals surface area contributed by atoms with E-state index in [4.69, 9.17) is 5.11 Å². The number of alkyl halides is 14. The average Bonchev–Trinajstić information content (AvgIpc) is 2.43. The number of aliphatic hydroxyl groups excluding tert-OH is 1. The van der Waals surface area contributed by atoms with E-state index in [0.717, 1.165) is 0 Å². The Labute approximate surface area is 146 Å². The van der Waals surface area contributed by atoms with Gasteiger partial charge >= 0.3 is 36.0 Å². The van der Waals surface area contributed by atoms with Crippen molar-refractivity contribution in [2.75, 3.05) is 26.4 Å². The molecule has 17 heteroatoms. The summed E-state index contributed by atoms with van der Waals surface area (Å²) in [7, 11) is 0. The first kappa shape index (κ1) is 26.9. The summed E-state index contributed by atoms with van der Waals surface area (Å²) in [5, 5.41) is 9.01. The molecule has 0 aliphatic rings. The van der Waals surface area contributed by atoms with Gasteiger partial charge in [0.25, 0.3) is 0 Å². The van der Waals surface area contributed by atoms with E-state index in [0.29, 0.717) is 0 Å². The summed E-state index contributed by atoms with van der Waals surface area (Å²) >= 11 is 0. The zero-order valence-corrected chi connectivity index (χ0v) is 13.0. The summed E-state index contributed by atoms with van der Waals surface area (Å²) in [5.41, 5.74) is 0. The van der Waals surface area contributed by atoms with Crippen molar-refractivity contribution in [3.8, 4) is 0 Å². The minimum Gasteiger partial charge on any atom is -0.388 e. The number of halogens is 14. The normalized spacial score (nSPS) is 15.4. The van der Waals surface area contributed by atoms with Gasteiger partial charge in [0.2, 0.25) is 0 Å². The van der Waals surface area contributed by atoms with Crippen LogP contribution in [0.2, 0.25) is 0 Å². The van der Waals surface area contributed by atoms with Crippen LogP contribution < -0.4 is 0 Å². The van der Waals surface area contributed by atoms with Crippen LogP contribution in [0.25, 0.3) is 0 Å². The summed E-state index contributed by atoms with van der Waals surface area (Å²) in [4.78, 5) is 0. The van der Waals surface area contributed by atoms with Crippen molar-refractivity contribution >= 4 is 0 Å². The van der Waals surface area contributed by atoms with Crippen molar-refractivity contribution in [3.63, 3.8) is 0 Å². The molecule has 0 unspecified atom stereocenters. The zero-order valence-electron chi connectivity index (χ0n) is 13.0. The van der Waals surface area contributed by atoms with Gasteiger partial charge in [0.05, 0.1) is 13.2 Å². The monoisotopic (exact) mass is 456 g/mol. The van der Waals surface area contributed by atoms with Crippen LogP contribution >= 0.6 is 0 Å². The van der Waals surface area contributed by atoms with E-state index < -0.39 is 68.6 Å². The lowest BCUT2D eigenvalue weighted by Crippen LogP contribution is -2.54. The molecule has 170 valence electrons. The van der Waals surface area contributed by atoms with Gasteiger partial charge in [-0.1, -0.05) is 0 Å². The highest BCUT2D eigenvalue weighted by Crippen LogP contribution is 2.47. The van der Waals surface area contributed by atoms with Crippen molar-refractivity contribution in [2.45, 2.75) is 42.1 Å². The van der Waals surface area contributed by atoms with Crippen LogP contribution in [-0.2, 0) is 9.47 Å². The maximum Gasteiger partial charge on any atom is 0.459 e. The van der Waals surface area contributed by atoms with Gasteiger partial charge in [0.1, 0.15) is 19.3 Å². The molecule has 0 spiro atoms. The van der Waals surface area contributed by atoms with Crippen molar-refractivity contribution in [1.29, 1.82) is 0 Å². The lowest BCUT2D eigenvalue weighted by Gasteiger charge is -2.28. The molecular weight excluding hydrogens is 446 g/mol. The molecule has 0 aliphatic heterocycles. The van der Waals surface area contributed by atoms with E-state index >= 15 is 0 Å². The first-order chi connectivity index (χ1) is 12.1. The number of hydrogen-bond donors (Lipinski definition) is 1. The lowest BCUT2D eigenvalue weighted by atomic mass is 10.2. The first-order valence-electron chi connectivity index (χ1n) is 6.58. The van der Waals surface area contributed by atoms with Gasteiger partial charge in [-0.05, 0) is 0 Å². The Morgan fingerprint density at radius 3 is 1.00 bits per heavy atom. The molecule has 0 radical (unpaired) electrons. The largest absolute Gasteiger partial charge is 0.459 e. The fourth-order valence-corrected chi connectivity index (χ4v) is 1.29. The third-order valence-corrected chi connectivity index (χ3v) is 2.82. The van der Waals surface area contributed by atoms with Crippen molar-refractivity contribution in [1.82, 2.24) is 0 Å². The summed E-state index contributed by atoms with van der Waals surface area (Å²) in [6.45, 7) is -8.24. The molecule has 0 heterocycles. The Hall–Kier alpha value is -1.10. The van der Waals surface area contributed by atoms with Gasteiger partial charge in [0, 0.05) is 0 Å². The van der Waals surface area contributed by atoms with E-state index in [2.05, 4.69) is 9.47 Å². The van der Waals surface area contributed by atoms with E-state index in [1.807, 2.05) is 0 Å². The SMILES string of the molecule is OC(COCC(F)(F)C(F)(F)C(F)(F)F)COCC(F)(F)C(F)(F)C(F)(F)F. The molecule has 0 atom stereocenters. The van der Waals surface area contributed by atoms with Gasteiger partial charge < -0.3 is 14.6 Å². The Kier molecular flexibility index (Phi) is 8.01. The van der Waals surface area contributed by atoms with Gasteiger partial charge in [0.15, 0.2) is 0 Å². The lowest BCUT2D eigenvalue weighted by molar-refractivity contribution is -0.363. The van der Waals surface area contributed by atoms with Crippen LogP contribution in [0.3, 0.4) is 0 Å². The van der Waals surface area contributed by atoms with Crippen LogP contribution in [0.1, 0.15) is 0 Å². The maximum absolute atomic E-state index is 12.8. The number of hydrogen-bond acceptors (Lipinski definition) is 3. The smallest absolute Gasteiger partial charge is 0.388 e. The molecule has 0 saturated heterocycles. The highest BCUT2D eigenvalue weighted by molar-refractivity contribution is 4.92. The zero-order chi connectivity index (χ0) is 22.8. The van der Waals surface area contributed by atoms with Crippen molar-refractivity contribution < 1.29 is 76.0 Å². The minimum absolute atomic E-state index is 1.52. The third-order valence-electron chi connectivity index (χ3n) is 2.82. The van der Waals surface area contributed by atoms with Crippen LogP contribution in [0, 0.1) is 0 Å². The fraction of sp³-hybridized carbons (Fsp3) is 1.00. The summed E-state index contributed by atoms with van der Waals surface area (Å²) in [6.07, 6.45) is -15.6. The number of rotatable bonds is 10. The fourth-order valence-electron chi connectivity index (χ4n) is 1.29. The molecule has 0 aromatic carbocycles. The molecule has 0 amide bonds. The van der Waals surface area contributed by atoms with Crippen LogP contribution in [0.15, 0.2) is 0 Å². The van der Waals surface area contributed by atoms with Gasteiger partial charge in [-0.25, -0.2) is 0 Å². The van der Waals surface area contributed by atoms with E-state index in [9.17, 15) is 61.5 Å². The molecule has 3 nitrogen and oxygen atoms in total. The Morgan fingerprint density at radius 1 is 0.536 bits per heavy atom. The predicted octanol–water partition coefficient (Wildman–Crippen LogP) is 4.05. The summed E-state index contributed by atoms with van der Waals surface area (Å²) < 4.78 is 179. The third kappa shape index (κ3) is 5.95. The van der Waals surface area contributed by atoms with Crippen molar-refractivity contribution in [3.05, 3.63) is 0 Å². The second-order valence-corrected chi connectivity index (χ2v) is 5.24. The molecule has 0 saturated carbocycles. The topological polar surface area (TPSA) is 38.7 Å². The second-order valence-electron chi connectivity index (χ2n) is 5.24. The maximum atomic E-state index is 12.8. The standard InChI is InChI=1S/C11H10F14O3/c12-6(13,8(16,17)10(20,21)22)3-27-1-5(26)2-28-4-7(14,15)9(18,19)11(23,24)25/h5,26H,1-4H2. The molecule has 0 aromatic rings. The van der Waals surface area contributed by atoms with Crippen molar-refractivity contribution in [2.24, 2.45) is 0 Å². The predicted molar refractivity (Wildman–Crippen MR) is 59.5 cm³/mol. The van der Waals surface area contributed by atoms with Crippen LogP contribution in [0.5, 0.6) is 0 Å². The number of aliphatic hydroxyl groups is 1. The van der Waals surface area contributed by atoms with Crippen LogP contribution in [-0.4, -0.2) is 73.7 Å². The Morgan fingerprint density at radius 2 is 0.786 bits per heavy atom. The first-order valence-corrected chi connectivity index (χ1v) is 6.58. The molecule has 28 heavy (non-hydrogen) atoms. The highest BCUT2D eigenvalue weighted by atomic mass is 19.4. The molecule has 1 N–H and O–H groups in total. The molecule has 0 bridgehead atoms. The second kappa shape index (κ2) is 8.33. The van der Waals surface area contributed by atoms with Gasteiger partial charge in [-0.2, -0.15) is 61.5 Å². The molecule has 0 fully saturated rings. The molecule has 0 aromatic heterocycles. The average molecular weight is 456 g/mol. The minimum atomic E-state index is -6.66. The molecule has 0 rings (SSSR count). The highest BCUT2D eigenvalue weighted by Gasteiger charge is 2.73. The summed E-state index contributed by atoms with van der Waals surface area (Å²) in [5.74, 6) is -24.6. The van der Waals surface area contributed by atoms with Gasteiger partial charge in [-0.15, -0.1) is 0 Å². The van der Waals surface area contributed by atoms with E-state index in [-0.39, 0.29) is 0 Å². The molecular formula is C11H10F14O3. The van der Waals surface area contributed by atoms with E-state index in [1.54, 1.807) is 0 Å². The van der Waals surface area contributed by atoms with Gasteiger partial charge in [-0.3, -0.25) is 0 Å². The Bertz CT molecular complexity index is 454. The molecule has 0 aliphatic carbocycles. The summed E-state index contributed by atoms with van der Waals surface area (Å²) in [6, 6.07) is 0. The quantitative estimate of drug-likeness (QED) is 0.505. The Balaban J connectivity index is 4.55. The van der Waals surface area contributed by atoms with Crippen LogP contribution in [0.4, 0.5) is 61.5 Å². The number of ether oxygens (including phenoxy) is 2. The van der Waals surface area contributed by atoms with E-state index in [1.165, 1.54) is 0 Å².